The van der Waals surface area contributed by atoms with Crippen molar-refractivity contribution < 1.29 is 23.8 Å². The Labute approximate surface area is 71.6 Å². The topological polar surface area (TPSA) is 61.8 Å². The predicted octanol–water partition coefficient (Wildman–Crippen LogP) is 0.969. The van der Waals surface area contributed by atoms with Crippen molar-refractivity contribution in [3.63, 3.8) is 0 Å². The van der Waals surface area contributed by atoms with E-state index in [1.54, 1.807) is 6.92 Å². The highest BCUT2D eigenvalue weighted by Crippen LogP contribution is 1.76. The molecule has 0 spiro atoms. The Balaban J connectivity index is 0. The maximum Gasteiger partial charge on any atom is 0.507 e. The van der Waals surface area contributed by atoms with Crippen LogP contribution in [0, 0.1) is 0 Å². The summed E-state index contributed by atoms with van der Waals surface area (Å²) in [6.45, 7) is 1.76. The zero-order valence-electron chi connectivity index (χ0n) is 7.75. The normalized spacial score (nSPS) is 7.33. The predicted molar refractivity (Wildman–Crippen MR) is 41.7 cm³/mol. The van der Waals surface area contributed by atoms with Gasteiger partial charge in [-0.05, 0) is 0 Å². The molecular weight excluding hydrogens is 164 g/mol. The molecule has 12 heavy (non-hydrogen) atoms. The lowest BCUT2D eigenvalue weighted by Gasteiger charge is -1.89. The van der Waals surface area contributed by atoms with Crippen molar-refractivity contribution in [2.24, 2.45) is 0 Å². The molecule has 0 aromatic rings. The zero-order valence-corrected chi connectivity index (χ0v) is 7.75. The fourth-order valence-electron chi connectivity index (χ4n) is 0.228. The van der Waals surface area contributed by atoms with Gasteiger partial charge in [-0.3, -0.25) is 4.79 Å². The Morgan fingerprint density at radius 3 is 1.42 bits per heavy atom. The van der Waals surface area contributed by atoms with E-state index in [0.717, 1.165) is 0 Å². The Kier molecular flexibility index (Phi) is 10.8. The molecule has 5 heteroatoms. The fraction of sp³-hybridized carbons (Fsp3) is 0.714. The average molecular weight is 178 g/mol. The van der Waals surface area contributed by atoms with Crippen LogP contribution in [0.25, 0.3) is 0 Å². The molecule has 0 saturated carbocycles. The van der Waals surface area contributed by atoms with Gasteiger partial charge in [0.2, 0.25) is 0 Å². The van der Waals surface area contributed by atoms with E-state index in [2.05, 4.69) is 14.2 Å². The molecule has 0 fully saturated rings. The molecule has 0 atom stereocenters. The van der Waals surface area contributed by atoms with Crippen LogP contribution in [0.15, 0.2) is 0 Å². The molecule has 0 radical (unpaired) electrons. The second-order valence-corrected chi connectivity index (χ2v) is 1.59. The van der Waals surface area contributed by atoms with Crippen LogP contribution in [-0.2, 0) is 19.0 Å². The number of hydrogen-bond donors (Lipinski definition) is 0. The van der Waals surface area contributed by atoms with Gasteiger partial charge >= 0.3 is 12.1 Å². The van der Waals surface area contributed by atoms with Crippen LogP contribution in [0.1, 0.15) is 13.3 Å². The van der Waals surface area contributed by atoms with E-state index in [4.69, 9.17) is 0 Å². The van der Waals surface area contributed by atoms with E-state index in [0.29, 0.717) is 6.42 Å². The van der Waals surface area contributed by atoms with Crippen molar-refractivity contribution in [3.05, 3.63) is 0 Å². The highest BCUT2D eigenvalue weighted by molar-refractivity contribution is 5.68. The minimum atomic E-state index is -0.657. The molecule has 72 valence electrons. The lowest BCUT2D eigenvalue weighted by atomic mass is 10.5. The third-order valence-electron chi connectivity index (χ3n) is 0.850. The summed E-state index contributed by atoms with van der Waals surface area (Å²) in [5.41, 5.74) is 0. The van der Waals surface area contributed by atoms with E-state index in [1.807, 2.05) is 0 Å². The lowest BCUT2D eigenvalue weighted by molar-refractivity contribution is -0.140. The smallest absolute Gasteiger partial charge is 0.469 e. The monoisotopic (exact) mass is 178 g/mol. The van der Waals surface area contributed by atoms with Crippen molar-refractivity contribution >= 4 is 12.1 Å². The Bertz CT molecular complexity index is 104. The van der Waals surface area contributed by atoms with Crippen LogP contribution in [0.4, 0.5) is 4.79 Å². The molecule has 0 amide bonds. The first-order chi connectivity index (χ1) is 5.62. The van der Waals surface area contributed by atoms with Crippen LogP contribution in [0.3, 0.4) is 0 Å². The van der Waals surface area contributed by atoms with E-state index in [-0.39, 0.29) is 5.97 Å². The van der Waals surface area contributed by atoms with Crippen LogP contribution in [0.5, 0.6) is 0 Å². The molecule has 0 aliphatic rings. The van der Waals surface area contributed by atoms with Crippen LogP contribution < -0.4 is 0 Å². The summed E-state index contributed by atoms with van der Waals surface area (Å²) >= 11 is 0. The largest absolute Gasteiger partial charge is 0.507 e. The fourth-order valence-corrected chi connectivity index (χ4v) is 0.228. The number of rotatable bonds is 1. The molecule has 0 aliphatic carbocycles. The number of carbonyl (C=O) groups is 2. The summed E-state index contributed by atoms with van der Waals surface area (Å²) in [5.74, 6) is -0.157. The number of hydrogen-bond acceptors (Lipinski definition) is 5. The molecule has 0 bridgehead atoms. The first-order valence-electron chi connectivity index (χ1n) is 3.31. The number of methoxy groups -OCH3 is 3. The molecule has 0 aromatic carbocycles. The number of carbonyl (C=O) groups excluding carboxylic acids is 2. The van der Waals surface area contributed by atoms with Gasteiger partial charge in [-0.15, -0.1) is 0 Å². The van der Waals surface area contributed by atoms with Gasteiger partial charge in [-0.2, -0.15) is 0 Å². The van der Waals surface area contributed by atoms with Crippen LogP contribution in [0.2, 0.25) is 0 Å². The highest BCUT2D eigenvalue weighted by Gasteiger charge is 1.89. The molecule has 5 nitrogen and oxygen atoms in total. The lowest BCUT2D eigenvalue weighted by Crippen LogP contribution is -1.97. The van der Waals surface area contributed by atoms with Crippen molar-refractivity contribution in [2.75, 3.05) is 21.3 Å². The Hall–Kier alpha value is -1.26. The van der Waals surface area contributed by atoms with E-state index >= 15 is 0 Å². The average Bonchev–Trinajstić information content (AvgIpc) is 2.16. The summed E-state index contributed by atoms with van der Waals surface area (Å²) in [4.78, 5) is 19.7. The Morgan fingerprint density at radius 2 is 1.42 bits per heavy atom. The van der Waals surface area contributed by atoms with Crippen molar-refractivity contribution in [1.82, 2.24) is 0 Å². The summed E-state index contributed by atoms with van der Waals surface area (Å²) in [7, 11) is 3.89. The van der Waals surface area contributed by atoms with Gasteiger partial charge in [-0.25, -0.2) is 4.79 Å². The van der Waals surface area contributed by atoms with Crippen LogP contribution in [-0.4, -0.2) is 33.5 Å². The van der Waals surface area contributed by atoms with Gasteiger partial charge in [0.15, 0.2) is 0 Å². The second-order valence-electron chi connectivity index (χ2n) is 1.59. The molecular formula is C7H14O5. The maximum absolute atomic E-state index is 9.96. The third kappa shape index (κ3) is 11.5. The SMILES string of the molecule is CCC(=O)OC.COC(=O)OC. The molecule has 0 unspecified atom stereocenters. The standard InChI is InChI=1S/C4H8O2.C3H6O3/c1-3-4(5)6-2;1-5-3(4)6-2/h3H2,1-2H3;1-2H3. The van der Waals surface area contributed by atoms with Crippen molar-refractivity contribution in [3.8, 4) is 0 Å². The zero-order chi connectivity index (χ0) is 9.98. The highest BCUT2D eigenvalue weighted by atomic mass is 16.7. The molecule has 0 aromatic heterocycles. The summed E-state index contributed by atoms with van der Waals surface area (Å²) in [6.07, 6.45) is -0.189. The van der Waals surface area contributed by atoms with Gasteiger partial charge in [0.1, 0.15) is 0 Å². The van der Waals surface area contributed by atoms with Crippen molar-refractivity contribution in [2.45, 2.75) is 13.3 Å². The van der Waals surface area contributed by atoms with Gasteiger partial charge < -0.3 is 14.2 Å². The van der Waals surface area contributed by atoms with Gasteiger partial charge in [0, 0.05) is 6.42 Å². The molecule has 0 rings (SSSR count). The summed E-state index contributed by atoms with van der Waals surface area (Å²) in [5, 5.41) is 0. The third-order valence-corrected chi connectivity index (χ3v) is 0.850. The summed E-state index contributed by atoms with van der Waals surface area (Å²) < 4.78 is 12.3. The first-order valence-corrected chi connectivity index (χ1v) is 3.31. The summed E-state index contributed by atoms with van der Waals surface area (Å²) in [6, 6.07) is 0. The quantitative estimate of drug-likeness (QED) is 0.560. The number of esters is 1. The van der Waals surface area contributed by atoms with E-state index < -0.39 is 6.16 Å². The molecule has 0 aliphatic heterocycles. The van der Waals surface area contributed by atoms with Crippen LogP contribution >= 0.6 is 0 Å². The molecule has 0 saturated heterocycles. The van der Waals surface area contributed by atoms with Gasteiger partial charge in [0.25, 0.3) is 0 Å². The van der Waals surface area contributed by atoms with E-state index in [1.165, 1.54) is 21.3 Å². The van der Waals surface area contributed by atoms with Gasteiger partial charge in [0.05, 0.1) is 21.3 Å². The minimum Gasteiger partial charge on any atom is -0.469 e. The minimum absolute atomic E-state index is 0.157. The van der Waals surface area contributed by atoms with E-state index in [9.17, 15) is 9.59 Å². The first kappa shape index (κ1) is 13.3. The maximum atomic E-state index is 9.96. The second kappa shape index (κ2) is 9.74. The molecule has 0 N–H and O–H groups in total. The Morgan fingerprint density at radius 1 is 1.00 bits per heavy atom. The number of ether oxygens (including phenoxy) is 3. The molecule has 0 heterocycles. The van der Waals surface area contributed by atoms with Gasteiger partial charge in [-0.1, -0.05) is 6.92 Å². The van der Waals surface area contributed by atoms with Crippen molar-refractivity contribution in [1.29, 1.82) is 0 Å².